The molecule has 1 aliphatic rings. The minimum absolute atomic E-state index is 0.101. The lowest BCUT2D eigenvalue weighted by Gasteiger charge is -2.15. The van der Waals surface area contributed by atoms with Crippen LogP contribution in [0.1, 0.15) is 6.92 Å². The molecule has 32 heavy (non-hydrogen) atoms. The van der Waals surface area contributed by atoms with Crippen molar-refractivity contribution < 1.29 is 29.0 Å². The van der Waals surface area contributed by atoms with E-state index >= 15 is 0 Å². The summed E-state index contributed by atoms with van der Waals surface area (Å²) in [5.41, 5.74) is 0. The molecule has 0 bridgehead atoms. The normalized spacial score (nSPS) is 14.8. The van der Waals surface area contributed by atoms with Crippen LogP contribution in [0.2, 0.25) is 0 Å². The van der Waals surface area contributed by atoms with Crippen LogP contribution in [0.5, 0.6) is 0 Å². The maximum Gasteiger partial charge on any atom is 0.332 e. The fraction of sp³-hybridized carbons (Fsp3) is 0.261. The molecule has 0 aliphatic carbocycles. The third-order valence-electron chi connectivity index (χ3n) is 4.41. The van der Waals surface area contributed by atoms with Crippen molar-refractivity contribution in [3.05, 3.63) is 70.5 Å². The monoisotopic (exact) mass is 473 g/mol. The van der Waals surface area contributed by atoms with Crippen LogP contribution in [0, 0.1) is 0 Å². The zero-order valence-corrected chi connectivity index (χ0v) is 19.1. The summed E-state index contributed by atoms with van der Waals surface area (Å²) in [6.45, 7) is 1.95. The predicted octanol–water partition coefficient (Wildman–Crippen LogP) is 3.66. The maximum absolute atomic E-state index is 13.1. The summed E-state index contributed by atoms with van der Waals surface area (Å²) in [6.07, 6.45) is -0.917. The zero-order chi connectivity index (χ0) is 22.9. The summed E-state index contributed by atoms with van der Waals surface area (Å²) in [6, 6.07) is 18.9. The van der Waals surface area contributed by atoms with Crippen LogP contribution in [-0.4, -0.2) is 60.3 Å². The number of aliphatic carboxylic acids is 1. The molecule has 1 aliphatic heterocycles. The Hall–Kier alpha value is -2.59. The van der Waals surface area contributed by atoms with Crippen molar-refractivity contribution in [1.29, 1.82) is 0 Å². The fourth-order valence-electron chi connectivity index (χ4n) is 2.74. The fourth-order valence-corrected chi connectivity index (χ4v) is 4.80. The van der Waals surface area contributed by atoms with Gasteiger partial charge in [-0.3, -0.25) is 14.5 Å². The maximum atomic E-state index is 13.1. The summed E-state index contributed by atoms with van der Waals surface area (Å²) in [5, 5.41) is 8.79. The van der Waals surface area contributed by atoms with Gasteiger partial charge in [-0.05, 0) is 31.2 Å². The van der Waals surface area contributed by atoms with Crippen LogP contribution in [-0.2, 0) is 23.9 Å². The van der Waals surface area contributed by atoms with Crippen molar-refractivity contribution in [1.82, 2.24) is 4.90 Å². The Morgan fingerprint density at radius 1 is 0.875 bits per heavy atom. The number of amides is 2. The highest BCUT2D eigenvalue weighted by molar-refractivity contribution is 8.08. The molecule has 0 spiro atoms. The molecule has 1 N–H and O–H groups in total. The number of rotatable bonds is 12. The van der Waals surface area contributed by atoms with Gasteiger partial charge in [0.2, 0.25) is 0 Å². The van der Waals surface area contributed by atoms with E-state index in [0.29, 0.717) is 9.81 Å². The lowest BCUT2D eigenvalue weighted by atomic mass is 10.4. The highest BCUT2D eigenvalue weighted by Crippen LogP contribution is 2.42. The minimum Gasteiger partial charge on any atom is -0.479 e. The first-order valence-electron chi connectivity index (χ1n) is 9.96. The van der Waals surface area contributed by atoms with Crippen molar-refractivity contribution in [2.75, 3.05) is 26.4 Å². The Labute approximate surface area is 194 Å². The van der Waals surface area contributed by atoms with Crippen molar-refractivity contribution in [3.63, 3.8) is 0 Å². The van der Waals surface area contributed by atoms with Gasteiger partial charge in [-0.25, -0.2) is 4.79 Å². The molecule has 2 aromatic carbocycles. The predicted molar refractivity (Wildman–Crippen MR) is 122 cm³/mol. The largest absolute Gasteiger partial charge is 0.479 e. The molecule has 1 heterocycles. The number of benzene rings is 2. The van der Waals surface area contributed by atoms with Crippen molar-refractivity contribution in [2.24, 2.45) is 0 Å². The van der Waals surface area contributed by atoms with E-state index in [0.717, 1.165) is 9.79 Å². The van der Waals surface area contributed by atoms with Crippen LogP contribution in [0.15, 0.2) is 80.3 Å². The van der Waals surface area contributed by atoms with Gasteiger partial charge in [-0.15, -0.1) is 0 Å². The van der Waals surface area contributed by atoms with Gasteiger partial charge in [0.1, 0.15) is 0 Å². The summed E-state index contributed by atoms with van der Waals surface area (Å²) in [4.78, 5) is 40.6. The van der Waals surface area contributed by atoms with Gasteiger partial charge in [-0.2, -0.15) is 0 Å². The first kappa shape index (κ1) is 24.1. The molecule has 0 fully saturated rings. The molecule has 2 amide bonds. The first-order valence-corrected chi connectivity index (χ1v) is 11.6. The third kappa shape index (κ3) is 6.46. The Kier molecular flexibility index (Phi) is 8.92. The molecule has 7 nitrogen and oxygen atoms in total. The standard InChI is InChI=1S/C23H23NO6S2/c1-16(23(27)28)30-15-14-29-13-12-24-21(25)19(31-17-8-4-2-5-9-17)20(22(24)26)32-18-10-6-3-7-11-18/h2-11,16H,12-15H2,1H3,(H,27,28). The van der Waals surface area contributed by atoms with Gasteiger partial charge in [0.25, 0.3) is 11.8 Å². The van der Waals surface area contributed by atoms with E-state index in [4.69, 9.17) is 14.6 Å². The van der Waals surface area contributed by atoms with Gasteiger partial charge < -0.3 is 14.6 Å². The van der Waals surface area contributed by atoms with Gasteiger partial charge >= 0.3 is 5.97 Å². The number of hydrogen-bond acceptors (Lipinski definition) is 7. The number of carboxylic acids is 1. The molecule has 1 unspecified atom stereocenters. The lowest BCUT2D eigenvalue weighted by Crippen LogP contribution is -2.34. The summed E-state index contributed by atoms with van der Waals surface area (Å²) in [5.74, 6) is -1.74. The summed E-state index contributed by atoms with van der Waals surface area (Å²) in [7, 11) is 0. The Morgan fingerprint density at radius 3 is 1.84 bits per heavy atom. The second kappa shape index (κ2) is 11.9. The number of carbonyl (C=O) groups is 3. The van der Waals surface area contributed by atoms with E-state index in [1.165, 1.54) is 35.3 Å². The van der Waals surface area contributed by atoms with E-state index in [1.54, 1.807) is 0 Å². The highest BCUT2D eigenvalue weighted by atomic mass is 32.2. The number of nitrogens with zero attached hydrogens (tertiary/aromatic N) is 1. The summed E-state index contributed by atoms with van der Waals surface area (Å²) < 4.78 is 10.5. The van der Waals surface area contributed by atoms with Gasteiger partial charge in [0, 0.05) is 9.79 Å². The average Bonchev–Trinajstić information content (AvgIpc) is 3.01. The number of carbonyl (C=O) groups excluding carboxylic acids is 2. The molecule has 0 radical (unpaired) electrons. The quantitative estimate of drug-likeness (QED) is 0.369. The lowest BCUT2D eigenvalue weighted by molar-refractivity contribution is -0.150. The first-order chi connectivity index (χ1) is 15.5. The van der Waals surface area contributed by atoms with Gasteiger partial charge in [-0.1, -0.05) is 59.9 Å². The van der Waals surface area contributed by atoms with E-state index in [2.05, 4.69) is 0 Å². The Balaban J connectivity index is 1.63. The van der Waals surface area contributed by atoms with Crippen LogP contribution in [0.4, 0.5) is 0 Å². The topological polar surface area (TPSA) is 93.1 Å². The number of carboxylic acid groups (broad SMARTS) is 1. The molecule has 9 heteroatoms. The van der Waals surface area contributed by atoms with Crippen LogP contribution in [0.3, 0.4) is 0 Å². The molecule has 2 aromatic rings. The molecule has 0 saturated carbocycles. The van der Waals surface area contributed by atoms with Crippen LogP contribution >= 0.6 is 23.5 Å². The molecule has 0 aromatic heterocycles. The second-order valence-corrected chi connectivity index (χ2v) is 8.88. The third-order valence-corrected chi connectivity index (χ3v) is 6.72. The molecule has 3 rings (SSSR count). The van der Waals surface area contributed by atoms with E-state index in [9.17, 15) is 14.4 Å². The SMILES string of the molecule is CC(OCCOCCN1C(=O)C(Sc2ccccc2)=C(Sc2ccccc2)C1=O)C(=O)O. The Morgan fingerprint density at radius 2 is 1.38 bits per heavy atom. The zero-order valence-electron chi connectivity index (χ0n) is 17.4. The van der Waals surface area contributed by atoms with Crippen molar-refractivity contribution >= 4 is 41.3 Å². The summed E-state index contributed by atoms with van der Waals surface area (Å²) >= 11 is 2.56. The highest BCUT2D eigenvalue weighted by Gasteiger charge is 2.39. The molecular weight excluding hydrogens is 450 g/mol. The van der Waals surface area contributed by atoms with E-state index in [1.807, 2.05) is 60.7 Å². The molecular formula is C23H23NO6S2. The minimum atomic E-state index is -1.05. The van der Waals surface area contributed by atoms with E-state index in [-0.39, 0.29) is 38.2 Å². The number of ether oxygens (including phenoxy) is 2. The second-order valence-electron chi connectivity index (χ2n) is 6.71. The van der Waals surface area contributed by atoms with Gasteiger partial charge in [0.15, 0.2) is 6.10 Å². The van der Waals surface area contributed by atoms with Crippen molar-refractivity contribution in [2.45, 2.75) is 22.8 Å². The van der Waals surface area contributed by atoms with Crippen LogP contribution in [0.25, 0.3) is 0 Å². The van der Waals surface area contributed by atoms with E-state index < -0.39 is 12.1 Å². The number of hydrogen-bond donors (Lipinski definition) is 1. The number of thioether (sulfide) groups is 2. The van der Waals surface area contributed by atoms with Crippen molar-refractivity contribution in [3.8, 4) is 0 Å². The average molecular weight is 474 g/mol. The molecule has 1 atom stereocenters. The smallest absolute Gasteiger partial charge is 0.332 e. The number of imide groups is 1. The molecule has 168 valence electrons. The van der Waals surface area contributed by atoms with Crippen LogP contribution < -0.4 is 0 Å². The molecule has 0 saturated heterocycles. The Bertz CT molecular complexity index is 917. The van der Waals surface area contributed by atoms with Gasteiger partial charge in [0.05, 0.1) is 36.2 Å².